The van der Waals surface area contributed by atoms with Crippen LogP contribution in [-0.2, 0) is 14.3 Å². The van der Waals surface area contributed by atoms with Gasteiger partial charge in [0.05, 0.1) is 6.10 Å². The van der Waals surface area contributed by atoms with Crippen LogP contribution in [0, 0.1) is 5.92 Å². The molecule has 0 aromatic rings. The van der Waals surface area contributed by atoms with Gasteiger partial charge < -0.3 is 14.8 Å². The largest absolute Gasteiger partial charge is 0.461 e. The van der Waals surface area contributed by atoms with Crippen molar-refractivity contribution in [3.63, 3.8) is 0 Å². The van der Waals surface area contributed by atoms with Gasteiger partial charge in [0.2, 0.25) is 0 Å². The van der Waals surface area contributed by atoms with Crippen LogP contribution in [0.25, 0.3) is 0 Å². The minimum Gasteiger partial charge on any atom is -0.461 e. The van der Waals surface area contributed by atoms with Crippen LogP contribution in [0.4, 0.5) is 0 Å². The van der Waals surface area contributed by atoms with Crippen molar-refractivity contribution in [3.05, 3.63) is 0 Å². The lowest BCUT2D eigenvalue weighted by atomic mass is 9.93. The van der Waals surface area contributed by atoms with Gasteiger partial charge in [0.1, 0.15) is 12.1 Å². The summed E-state index contributed by atoms with van der Waals surface area (Å²) in [6.07, 6.45) is 6.37. The summed E-state index contributed by atoms with van der Waals surface area (Å²) in [6.45, 7) is 3.12. The van der Waals surface area contributed by atoms with Gasteiger partial charge in [-0.2, -0.15) is 0 Å². The third-order valence-corrected chi connectivity index (χ3v) is 4.14. The average molecular weight is 255 g/mol. The Morgan fingerprint density at radius 3 is 2.67 bits per heavy atom. The first kappa shape index (κ1) is 13.8. The predicted octanol–water partition coefficient (Wildman–Crippen LogP) is 1.88. The van der Waals surface area contributed by atoms with E-state index in [-0.39, 0.29) is 24.2 Å². The van der Waals surface area contributed by atoms with E-state index in [9.17, 15) is 4.79 Å². The molecule has 0 aromatic carbocycles. The minimum atomic E-state index is -0.100. The highest BCUT2D eigenvalue weighted by molar-refractivity contribution is 5.76. The average Bonchev–Trinajstić information content (AvgIpc) is 2.39. The molecule has 2 aliphatic rings. The number of esters is 1. The molecule has 1 N–H and O–H groups in total. The van der Waals surface area contributed by atoms with Gasteiger partial charge in [0.25, 0.3) is 0 Å². The van der Waals surface area contributed by atoms with E-state index in [2.05, 4.69) is 12.2 Å². The molecule has 4 nitrogen and oxygen atoms in total. The maximum absolute atomic E-state index is 12.1. The highest BCUT2D eigenvalue weighted by Crippen LogP contribution is 2.24. The van der Waals surface area contributed by atoms with E-state index in [0.29, 0.717) is 5.92 Å². The first-order chi connectivity index (χ1) is 8.69. The highest BCUT2D eigenvalue weighted by atomic mass is 16.5. The van der Waals surface area contributed by atoms with E-state index in [4.69, 9.17) is 9.47 Å². The number of ether oxygens (including phenoxy) is 2. The molecule has 1 saturated carbocycles. The Labute approximate surface area is 109 Å². The van der Waals surface area contributed by atoms with E-state index in [1.165, 1.54) is 0 Å². The Balaban J connectivity index is 1.79. The molecule has 2 rings (SSSR count). The summed E-state index contributed by atoms with van der Waals surface area (Å²) in [5, 5.41) is 3.26. The standard InChI is InChI=1S/C14H25NO3/c1-10-6-7-15-13(8-10)14(16)18-12-5-3-4-11(9-12)17-2/h10-13,15H,3-9H2,1-2H3. The minimum absolute atomic E-state index is 0.0511. The third kappa shape index (κ3) is 3.69. The van der Waals surface area contributed by atoms with Crippen LogP contribution in [0.5, 0.6) is 0 Å². The zero-order valence-corrected chi connectivity index (χ0v) is 11.5. The summed E-state index contributed by atoms with van der Waals surface area (Å²) in [5.41, 5.74) is 0. The van der Waals surface area contributed by atoms with Crippen molar-refractivity contribution in [2.45, 2.75) is 63.7 Å². The second-order valence-corrected chi connectivity index (χ2v) is 5.72. The Morgan fingerprint density at radius 2 is 1.94 bits per heavy atom. The van der Waals surface area contributed by atoms with E-state index in [1.807, 2.05) is 0 Å². The molecule has 1 saturated heterocycles. The Hall–Kier alpha value is -0.610. The molecule has 0 radical (unpaired) electrons. The lowest BCUT2D eigenvalue weighted by molar-refractivity contribution is -0.156. The molecule has 0 spiro atoms. The number of nitrogens with one attached hydrogen (secondary N) is 1. The molecule has 18 heavy (non-hydrogen) atoms. The number of piperidine rings is 1. The third-order valence-electron chi connectivity index (χ3n) is 4.14. The van der Waals surface area contributed by atoms with E-state index in [0.717, 1.165) is 45.1 Å². The highest BCUT2D eigenvalue weighted by Gasteiger charge is 2.30. The van der Waals surface area contributed by atoms with Crippen molar-refractivity contribution < 1.29 is 14.3 Å². The first-order valence-corrected chi connectivity index (χ1v) is 7.15. The van der Waals surface area contributed by atoms with Crippen LogP contribution >= 0.6 is 0 Å². The molecule has 0 aromatic heterocycles. The molecule has 104 valence electrons. The van der Waals surface area contributed by atoms with Crippen molar-refractivity contribution in [1.29, 1.82) is 0 Å². The van der Waals surface area contributed by atoms with Crippen LogP contribution in [0.15, 0.2) is 0 Å². The lowest BCUT2D eigenvalue weighted by Gasteiger charge is -2.31. The van der Waals surface area contributed by atoms with Crippen LogP contribution in [0.2, 0.25) is 0 Å². The fourth-order valence-corrected chi connectivity index (χ4v) is 2.96. The summed E-state index contributed by atoms with van der Waals surface area (Å²) < 4.78 is 11.0. The van der Waals surface area contributed by atoms with Gasteiger partial charge in [-0.1, -0.05) is 6.92 Å². The Kier molecular flexibility index (Phi) is 5.01. The lowest BCUT2D eigenvalue weighted by Crippen LogP contribution is -2.45. The molecule has 1 aliphatic heterocycles. The molecule has 4 atom stereocenters. The Bertz CT molecular complexity index is 282. The van der Waals surface area contributed by atoms with Crippen LogP contribution in [0.3, 0.4) is 0 Å². The normalized spacial score (nSPS) is 37.2. The zero-order valence-electron chi connectivity index (χ0n) is 11.5. The summed E-state index contributed by atoms with van der Waals surface area (Å²) in [5.74, 6) is 0.546. The number of methoxy groups -OCH3 is 1. The molecule has 0 amide bonds. The SMILES string of the molecule is COC1CCCC(OC(=O)C2CC(C)CCN2)C1. The summed E-state index contributed by atoms with van der Waals surface area (Å²) in [6, 6.07) is -0.100. The summed E-state index contributed by atoms with van der Waals surface area (Å²) >= 11 is 0. The molecule has 4 unspecified atom stereocenters. The summed E-state index contributed by atoms with van der Waals surface area (Å²) in [7, 11) is 1.74. The van der Waals surface area contributed by atoms with Gasteiger partial charge in [0.15, 0.2) is 0 Å². The zero-order chi connectivity index (χ0) is 13.0. The van der Waals surface area contributed by atoms with Crippen molar-refractivity contribution in [2.75, 3.05) is 13.7 Å². The topological polar surface area (TPSA) is 47.6 Å². The van der Waals surface area contributed by atoms with Crippen LogP contribution in [-0.4, -0.2) is 37.9 Å². The van der Waals surface area contributed by atoms with Gasteiger partial charge >= 0.3 is 5.97 Å². The smallest absolute Gasteiger partial charge is 0.323 e. The van der Waals surface area contributed by atoms with Crippen molar-refractivity contribution in [2.24, 2.45) is 5.92 Å². The molecule has 4 heteroatoms. The number of hydrogen-bond donors (Lipinski definition) is 1. The number of hydrogen-bond acceptors (Lipinski definition) is 4. The quantitative estimate of drug-likeness (QED) is 0.782. The van der Waals surface area contributed by atoms with E-state index >= 15 is 0 Å². The number of carbonyl (C=O) groups is 1. The molecule has 0 bridgehead atoms. The molecular formula is C14H25NO3. The van der Waals surface area contributed by atoms with Gasteiger partial charge in [-0.3, -0.25) is 4.79 Å². The van der Waals surface area contributed by atoms with Gasteiger partial charge in [-0.15, -0.1) is 0 Å². The monoisotopic (exact) mass is 255 g/mol. The number of carbonyl (C=O) groups excluding carboxylic acids is 1. The van der Waals surface area contributed by atoms with Gasteiger partial charge in [0, 0.05) is 13.5 Å². The van der Waals surface area contributed by atoms with Crippen molar-refractivity contribution >= 4 is 5.97 Å². The molecular weight excluding hydrogens is 230 g/mol. The second-order valence-electron chi connectivity index (χ2n) is 5.72. The number of rotatable bonds is 3. The molecule has 1 aliphatic carbocycles. The van der Waals surface area contributed by atoms with Crippen LogP contribution in [0.1, 0.15) is 45.4 Å². The fourth-order valence-electron chi connectivity index (χ4n) is 2.96. The molecule has 2 fully saturated rings. The predicted molar refractivity (Wildman–Crippen MR) is 69.3 cm³/mol. The first-order valence-electron chi connectivity index (χ1n) is 7.15. The second kappa shape index (κ2) is 6.53. The van der Waals surface area contributed by atoms with Crippen molar-refractivity contribution in [1.82, 2.24) is 5.32 Å². The van der Waals surface area contributed by atoms with E-state index in [1.54, 1.807) is 7.11 Å². The Morgan fingerprint density at radius 1 is 1.17 bits per heavy atom. The maximum Gasteiger partial charge on any atom is 0.323 e. The van der Waals surface area contributed by atoms with Gasteiger partial charge in [-0.05, 0) is 44.6 Å². The fraction of sp³-hybridized carbons (Fsp3) is 0.929. The van der Waals surface area contributed by atoms with E-state index < -0.39 is 0 Å². The van der Waals surface area contributed by atoms with Gasteiger partial charge in [-0.25, -0.2) is 0 Å². The van der Waals surface area contributed by atoms with Crippen LogP contribution < -0.4 is 5.32 Å². The van der Waals surface area contributed by atoms with Crippen molar-refractivity contribution in [3.8, 4) is 0 Å². The maximum atomic E-state index is 12.1. The summed E-state index contributed by atoms with van der Waals surface area (Å²) in [4.78, 5) is 12.1. The molecule has 1 heterocycles.